The molecule has 3 aromatic rings. The van der Waals surface area contributed by atoms with Crippen LogP contribution in [0.3, 0.4) is 0 Å². The average molecular weight is 303 g/mol. The molecule has 0 radical (unpaired) electrons. The largest absolute Gasteiger partial charge is 0.467 e. The highest BCUT2D eigenvalue weighted by Crippen LogP contribution is 2.24. The summed E-state index contributed by atoms with van der Waals surface area (Å²) in [5, 5.41) is 6.12. The van der Waals surface area contributed by atoms with Gasteiger partial charge in [0.1, 0.15) is 11.8 Å². The van der Waals surface area contributed by atoms with Crippen LogP contribution in [0.1, 0.15) is 17.4 Å². The van der Waals surface area contributed by atoms with Crippen molar-refractivity contribution >= 4 is 10.0 Å². The van der Waals surface area contributed by atoms with E-state index in [0.717, 1.165) is 5.56 Å². The fourth-order valence-corrected chi connectivity index (χ4v) is 3.11. The van der Waals surface area contributed by atoms with E-state index in [0.29, 0.717) is 5.76 Å². The predicted octanol–water partition coefficient (Wildman–Crippen LogP) is 2.07. The molecule has 1 unspecified atom stereocenters. The molecule has 2 aromatic heterocycles. The first kappa shape index (κ1) is 13.6. The van der Waals surface area contributed by atoms with E-state index >= 15 is 0 Å². The summed E-state index contributed by atoms with van der Waals surface area (Å²) in [5.74, 6) is 0.518. The number of hydrogen-bond acceptors (Lipinski definition) is 4. The zero-order chi connectivity index (χ0) is 14.7. The van der Waals surface area contributed by atoms with Gasteiger partial charge in [-0.1, -0.05) is 30.3 Å². The first-order valence-electron chi connectivity index (χ1n) is 6.27. The third-order valence-electron chi connectivity index (χ3n) is 3.00. The standard InChI is InChI=1S/C14H13N3O3S/c18-21(19,13-8-9-15-16-13)17-14(12-7-4-10-20-12)11-5-2-1-3-6-11/h1-10,14,17H,(H,15,16). The van der Waals surface area contributed by atoms with Gasteiger partial charge in [0, 0.05) is 0 Å². The van der Waals surface area contributed by atoms with Gasteiger partial charge < -0.3 is 4.42 Å². The van der Waals surface area contributed by atoms with Crippen molar-refractivity contribution in [2.75, 3.05) is 0 Å². The van der Waals surface area contributed by atoms with E-state index in [1.165, 1.54) is 18.5 Å². The van der Waals surface area contributed by atoms with Gasteiger partial charge in [-0.2, -0.15) is 9.82 Å². The predicted molar refractivity (Wildman–Crippen MR) is 75.9 cm³/mol. The van der Waals surface area contributed by atoms with Gasteiger partial charge in [0.05, 0.1) is 12.5 Å². The number of aromatic nitrogens is 2. The Kier molecular flexibility index (Phi) is 3.59. The van der Waals surface area contributed by atoms with Crippen molar-refractivity contribution < 1.29 is 12.8 Å². The molecule has 0 saturated heterocycles. The summed E-state index contributed by atoms with van der Waals surface area (Å²) in [4.78, 5) is 0. The van der Waals surface area contributed by atoms with Crippen molar-refractivity contribution in [1.82, 2.24) is 14.9 Å². The minimum atomic E-state index is -3.72. The van der Waals surface area contributed by atoms with Crippen LogP contribution >= 0.6 is 0 Å². The molecule has 0 aliphatic carbocycles. The Bertz CT molecular complexity index is 781. The maximum atomic E-state index is 12.3. The maximum absolute atomic E-state index is 12.3. The Morgan fingerprint density at radius 3 is 2.52 bits per heavy atom. The first-order chi connectivity index (χ1) is 10.2. The number of rotatable bonds is 5. The van der Waals surface area contributed by atoms with Gasteiger partial charge in [0.2, 0.25) is 0 Å². The zero-order valence-electron chi connectivity index (χ0n) is 10.9. The van der Waals surface area contributed by atoms with E-state index in [-0.39, 0.29) is 5.03 Å². The van der Waals surface area contributed by atoms with Gasteiger partial charge in [-0.3, -0.25) is 5.10 Å². The molecule has 21 heavy (non-hydrogen) atoms. The van der Waals surface area contributed by atoms with Gasteiger partial charge in [-0.25, -0.2) is 8.42 Å². The number of sulfonamides is 1. The highest BCUT2D eigenvalue weighted by atomic mass is 32.2. The third-order valence-corrected chi connectivity index (χ3v) is 4.35. The SMILES string of the molecule is O=S(=O)(NC(c1ccccc1)c1ccco1)c1ccn[nH]1. The molecule has 2 heterocycles. The summed E-state index contributed by atoms with van der Waals surface area (Å²) in [7, 11) is -3.72. The summed E-state index contributed by atoms with van der Waals surface area (Å²) in [6.45, 7) is 0. The second-order valence-corrected chi connectivity index (χ2v) is 6.08. The van der Waals surface area contributed by atoms with Crippen molar-refractivity contribution in [3.8, 4) is 0 Å². The van der Waals surface area contributed by atoms with Crippen molar-refractivity contribution in [3.05, 3.63) is 72.3 Å². The number of nitrogens with one attached hydrogen (secondary N) is 2. The van der Waals surface area contributed by atoms with Gasteiger partial charge in [-0.15, -0.1) is 0 Å². The van der Waals surface area contributed by atoms with Crippen molar-refractivity contribution in [2.24, 2.45) is 0 Å². The molecule has 0 spiro atoms. The topological polar surface area (TPSA) is 88.0 Å². The summed E-state index contributed by atoms with van der Waals surface area (Å²) in [6.07, 6.45) is 2.90. The zero-order valence-corrected chi connectivity index (χ0v) is 11.7. The molecule has 2 N–H and O–H groups in total. The van der Waals surface area contributed by atoms with Crippen LogP contribution in [0.15, 0.2) is 70.4 Å². The van der Waals surface area contributed by atoms with E-state index in [2.05, 4.69) is 14.9 Å². The smallest absolute Gasteiger partial charge is 0.258 e. The highest BCUT2D eigenvalue weighted by molar-refractivity contribution is 7.89. The van der Waals surface area contributed by atoms with Crippen LogP contribution < -0.4 is 4.72 Å². The van der Waals surface area contributed by atoms with E-state index in [9.17, 15) is 8.42 Å². The maximum Gasteiger partial charge on any atom is 0.258 e. The molecule has 0 bridgehead atoms. The molecule has 0 amide bonds. The second-order valence-electron chi connectivity index (χ2n) is 4.40. The highest BCUT2D eigenvalue weighted by Gasteiger charge is 2.25. The lowest BCUT2D eigenvalue weighted by Gasteiger charge is -2.16. The normalized spacial score (nSPS) is 13.1. The minimum absolute atomic E-state index is 0.00925. The molecular formula is C14H13N3O3S. The van der Waals surface area contributed by atoms with Crippen LogP contribution in [-0.4, -0.2) is 18.6 Å². The fraction of sp³-hybridized carbons (Fsp3) is 0.0714. The number of aromatic amines is 1. The fourth-order valence-electron chi connectivity index (χ4n) is 2.00. The van der Waals surface area contributed by atoms with Gasteiger partial charge in [0.15, 0.2) is 5.03 Å². The van der Waals surface area contributed by atoms with E-state index in [1.807, 2.05) is 30.3 Å². The molecule has 0 aliphatic heterocycles. The minimum Gasteiger partial charge on any atom is -0.467 e. The lowest BCUT2D eigenvalue weighted by Crippen LogP contribution is -2.29. The van der Waals surface area contributed by atoms with Gasteiger partial charge >= 0.3 is 0 Å². The van der Waals surface area contributed by atoms with Gasteiger partial charge in [-0.05, 0) is 23.8 Å². The van der Waals surface area contributed by atoms with Crippen LogP contribution in [0.2, 0.25) is 0 Å². The van der Waals surface area contributed by atoms with E-state index < -0.39 is 16.1 Å². The average Bonchev–Trinajstić information content (AvgIpc) is 3.19. The first-order valence-corrected chi connectivity index (χ1v) is 7.75. The van der Waals surface area contributed by atoms with Crippen molar-refractivity contribution in [1.29, 1.82) is 0 Å². The van der Waals surface area contributed by atoms with E-state index in [1.54, 1.807) is 12.1 Å². The molecule has 0 aliphatic rings. The monoisotopic (exact) mass is 303 g/mol. The summed E-state index contributed by atoms with van der Waals surface area (Å²) >= 11 is 0. The summed E-state index contributed by atoms with van der Waals surface area (Å²) in [6, 6.07) is 13.5. The number of furan rings is 1. The van der Waals surface area contributed by atoms with E-state index in [4.69, 9.17) is 4.42 Å². The Morgan fingerprint density at radius 1 is 1.10 bits per heavy atom. The molecule has 0 saturated carbocycles. The van der Waals surface area contributed by atoms with Crippen LogP contribution in [-0.2, 0) is 10.0 Å². The van der Waals surface area contributed by atoms with Crippen LogP contribution in [0.4, 0.5) is 0 Å². The molecule has 7 heteroatoms. The van der Waals surface area contributed by atoms with Crippen LogP contribution in [0, 0.1) is 0 Å². The third kappa shape index (κ3) is 2.88. The summed E-state index contributed by atoms with van der Waals surface area (Å²) < 4.78 is 32.7. The number of nitrogens with zero attached hydrogens (tertiary/aromatic N) is 1. The molecule has 6 nitrogen and oxygen atoms in total. The lowest BCUT2D eigenvalue weighted by atomic mass is 10.1. The molecule has 3 rings (SSSR count). The van der Waals surface area contributed by atoms with Crippen LogP contribution in [0.25, 0.3) is 0 Å². The molecule has 1 atom stereocenters. The summed E-state index contributed by atoms with van der Waals surface area (Å²) in [5.41, 5.74) is 0.788. The Morgan fingerprint density at radius 2 is 1.90 bits per heavy atom. The Balaban J connectivity index is 1.98. The van der Waals surface area contributed by atoms with Crippen molar-refractivity contribution in [3.63, 3.8) is 0 Å². The Hall–Kier alpha value is -2.38. The van der Waals surface area contributed by atoms with Crippen molar-refractivity contribution in [2.45, 2.75) is 11.1 Å². The number of benzene rings is 1. The molecular weight excluding hydrogens is 290 g/mol. The quantitative estimate of drug-likeness (QED) is 0.755. The van der Waals surface area contributed by atoms with Crippen LogP contribution in [0.5, 0.6) is 0 Å². The number of H-pyrrole nitrogens is 1. The lowest BCUT2D eigenvalue weighted by molar-refractivity contribution is 0.470. The molecule has 108 valence electrons. The molecule has 1 aromatic carbocycles. The second kappa shape index (κ2) is 5.55. The Labute approximate surface area is 121 Å². The number of hydrogen-bond donors (Lipinski definition) is 2. The van der Waals surface area contributed by atoms with Gasteiger partial charge in [0.25, 0.3) is 10.0 Å². The molecule has 0 fully saturated rings.